The summed E-state index contributed by atoms with van der Waals surface area (Å²) in [6, 6.07) is 9.95. The molecule has 26 heavy (non-hydrogen) atoms. The lowest BCUT2D eigenvalue weighted by molar-refractivity contribution is 0.767. The highest BCUT2D eigenvalue weighted by Gasteiger charge is 2.26. The van der Waals surface area contributed by atoms with Gasteiger partial charge in [0.05, 0.1) is 6.20 Å². The smallest absolute Gasteiger partial charge is 0.230 e. The van der Waals surface area contributed by atoms with E-state index >= 15 is 0 Å². The SMILES string of the molecule is c1cncc(C2CCN(c3nc(Nc4ccn[nH]4)n4cccc4n3)C2)c1. The third kappa shape index (κ3) is 2.65. The van der Waals surface area contributed by atoms with E-state index in [0.717, 1.165) is 36.9 Å². The van der Waals surface area contributed by atoms with Crippen molar-refractivity contribution in [3.8, 4) is 0 Å². The Kier molecular flexibility index (Phi) is 3.52. The van der Waals surface area contributed by atoms with Crippen LogP contribution in [-0.2, 0) is 0 Å². The van der Waals surface area contributed by atoms with Gasteiger partial charge in [0, 0.05) is 43.7 Å². The average Bonchev–Trinajstić information content (AvgIpc) is 3.43. The summed E-state index contributed by atoms with van der Waals surface area (Å²) in [6.45, 7) is 1.83. The fraction of sp³-hybridized carbons (Fsp3) is 0.222. The third-order valence-corrected chi connectivity index (χ3v) is 4.75. The monoisotopic (exact) mass is 346 g/mol. The van der Waals surface area contributed by atoms with Crippen molar-refractivity contribution in [3.05, 3.63) is 60.7 Å². The van der Waals surface area contributed by atoms with Gasteiger partial charge in [0.15, 0.2) is 0 Å². The van der Waals surface area contributed by atoms with Crippen LogP contribution < -0.4 is 10.2 Å². The maximum atomic E-state index is 4.76. The van der Waals surface area contributed by atoms with E-state index in [1.54, 1.807) is 6.20 Å². The Hall–Kier alpha value is -3.42. The lowest BCUT2D eigenvalue weighted by atomic mass is 10.0. The van der Waals surface area contributed by atoms with E-state index in [9.17, 15) is 0 Å². The van der Waals surface area contributed by atoms with Crippen molar-refractivity contribution in [2.75, 3.05) is 23.3 Å². The lowest BCUT2D eigenvalue weighted by Gasteiger charge is -2.18. The predicted octanol–water partition coefficient (Wildman–Crippen LogP) is 2.58. The van der Waals surface area contributed by atoms with Crippen molar-refractivity contribution in [2.45, 2.75) is 12.3 Å². The van der Waals surface area contributed by atoms with Gasteiger partial charge in [-0.1, -0.05) is 6.07 Å². The number of hydrogen-bond donors (Lipinski definition) is 2. The minimum Gasteiger partial charge on any atom is -0.340 e. The Balaban J connectivity index is 1.46. The summed E-state index contributed by atoms with van der Waals surface area (Å²) in [5.74, 6) is 2.70. The van der Waals surface area contributed by atoms with Crippen LogP contribution >= 0.6 is 0 Å². The molecule has 8 heteroatoms. The second-order valence-electron chi connectivity index (χ2n) is 6.40. The van der Waals surface area contributed by atoms with Crippen LogP contribution in [0.2, 0.25) is 0 Å². The zero-order chi connectivity index (χ0) is 17.3. The highest BCUT2D eigenvalue weighted by molar-refractivity contribution is 5.57. The molecule has 1 aliphatic rings. The van der Waals surface area contributed by atoms with Gasteiger partial charge in [-0.25, -0.2) is 0 Å². The van der Waals surface area contributed by atoms with E-state index in [0.29, 0.717) is 11.9 Å². The van der Waals surface area contributed by atoms with Gasteiger partial charge >= 0.3 is 0 Å². The van der Waals surface area contributed by atoms with Crippen molar-refractivity contribution in [1.82, 2.24) is 29.5 Å². The van der Waals surface area contributed by atoms with Crippen LogP contribution in [0.15, 0.2) is 55.1 Å². The summed E-state index contributed by atoms with van der Waals surface area (Å²) >= 11 is 0. The molecule has 0 saturated carbocycles. The second-order valence-corrected chi connectivity index (χ2v) is 6.40. The predicted molar refractivity (Wildman–Crippen MR) is 98.7 cm³/mol. The van der Waals surface area contributed by atoms with Gasteiger partial charge in [-0.2, -0.15) is 15.1 Å². The Morgan fingerprint density at radius 3 is 2.96 bits per heavy atom. The number of nitrogens with one attached hydrogen (secondary N) is 2. The van der Waals surface area contributed by atoms with Crippen LogP contribution in [-0.4, -0.2) is 42.6 Å². The number of hydrogen-bond acceptors (Lipinski definition) is 6. The molecule has 4 aromatic heterocycles. The lowest BCUT2D eigenvalue weighted by Crippen LogP contribution is -2.23. The summed E-state index contributed by atoms with van der Waals surface area (Å²) in [7, 11) is 0. The van der Waals surface area contributed by atoms with Gasteiger partial charge in [-0.05, 0) is 30.2 Å². The van der Waals surface area contributed by atoms with Crippen LogP contribution in [0.1, 0.15) is 17.9 Å². The molecule has 0 spiro atoms. The summed E-state index contributed by atoms with van der Waals surface area (Å²) < 4.78 is 1.93. The first kappa shape index (κ1) is 14.9. The van der Waals surface area contributed by atoms with E-state index in [1.807, 2.05) is 47.3 Å². The highest BCUT2D eigenvalue weighted by Crippen LogP contribution is 2.29. The first-order valence-corrected chi connectivity index (χ1v) is 8.63. The first-order chi connectivity index (χ1) is 12.9. The minimum atomic E-state index is 0.458. The van der Waals surface area contributed by atoms with Gasteiger partial charge < -0.3 is 10.2 Å². The summed E-state index contributed by atoms with van der Waals surface area (Å²) in [5.41, 5.74) is 2.14. The fourth-order valence-corrected chi connectivity index (χ4v) is 3.43. The van der Waals surface area contributed by atoms with E-state index < -0.39 is 0 Å². The summed E-state index contributed by atoms with van der Waals surface area (Å²) in [5, 5.41) is 10.2. The zero-order valence-electron chi connectivity index (χ0n) is 14.1. The Morgan fingerprint density at radius 1 is 1.12 bits per heavy atom. The minimum absolute atomic E-state index is 0.458. The number of aromatic amines is 1. The largest absolute Gasteiger partial charge is 0.340 e. The van der Waals surface area contributed by atoms with E-state index in [-0.39, 0.29) is 0 Å². The molecule has 1 saturated heterocycles. The fourth-order valence-electron chi connectivity index (χ4n) is 3.43. The van der Waals surface area contributed by atoms with Crippen LogP contribution in [0.4, 0.5) is 17.7 Å². The molecule has 0 radical (unpaired) electrons. The van der Waals surface area contributed by atoms with Gasteiger partial charge in [0.1, 0.15) is 11.5 Å². The Morgan fingerprint density at radius 2 is 2.12 bits per heavy atom. The molecule has 1 aliphatic heterocycles. The average molecular weight is 346 g/mol. The molecule has 0 aliphatic carbocycles. The number of nitrogens with zero attached hydrogens (tertiary/aromatic N) is 6. The number of rotatable bonds is 4. The number of fused-ring (bicyclic) bond motifs is 1. The van der Waals surface area contributed by atoms with Gasteiger partial charge in [0.25, 0.3) is 0 Å². The quantitative estimate of drug-likeness (QED) is 0.591. The van der Waals surface area contributed by atoms with Crippen LogP contribution in [0.3, 0.4) is 0 Å². The summed E-state index contributed by atoms with van der Waals surface area (Å²) in [6.07, 6.45) is 8.49. The van der Waals surface area contributed by atoms with Gasteiger partial charge in [-0.3, -0.25) is 14.5 Å². The van der Waals surface area contributed by atoms with Crippen molar-refractivity contribution in [2.24, 2.45) is 0 Å². The number of pyridine rings is 1. The molecular weight excluding hydrogens is 328 g/mol. The zero-order valence-corrected chi connectivity index (χ0v) is 14.1. The Labute approximate surface area is 149 Å². The molecule has 130 valence electrons. The van der Waals surface area contributed by atoms with Crippen LogP contribution in [0.5, 0.6) is 0 Å². The van der Waals surface area contributed by atoms with Gasteiger partial charge in [0.2, 0.25) is 11.9 Å². The molecule has 1 unspecified atom stereocenters. The maximum Gasteiger partial charge on any atom is 0.230 e. The molecule has 2 N–H and O–H groups in total. The van der Waals surface area contributed by atoms with Crippen LogP contribution in [0.25, 0.3) is 5.65 Å². The number of H-pyrrole nitrogens is 1. The van der Waals surface area contributed by atoms with Crippen molar-refractivity contribution >= 4 is 23.4 Å². The molecule has 1 atom stereocenters. The highest BCUT2D eigenvalue weighted by atomic mass is 15.3. The number of aromatic nitrogens is 6. The molecule has 0 bridgehead atoms. The molecule has 0 amide bonds. The number of anilines is 3. The Bertz CT molecular complexity index is 1010. The summed E-state index contributed by atoms with van der Waals surface area (Å²) in [4.78, 5) is 16.0. The van der Waals surface area contributed by atoms with E-state index in [2.05, 4.69) is 31.5 Å². The normalized spacial score (nSPS) is 17.1. The molecule has 5 rings (SSSR count). The van der Waals surface area contributed by atoms with E-state index in [1.165, 1.54) is 5.56 Å². The standard InChI is InChI=1S/C18H18N8/c1-3-13(11-19-7-1)14-6-10-25(12-14)17-22-16-4-2-9-26(16)18(23-17)21-15-5-8-20-24-15/h1-5,7-9,11,14H,6,10,12H2,(H2,20,21,22,23,24). The first-order valence-electron chi connectivity index (χ1n) is 8.63. The maximum absolute atomic E-state index is 4.76. The second kappa shape index (κ2) is 6.14. The van der Waals surface area contributed by atoms with Crippen molar-refractivity contribution in [3.63, 3.8) is 0 Å². The third-order valence-electron chi connectivity index (χ3n) is 4.75. The molecule has 8 nitrogen and oxygen atoms in total. The van der Waals surface area contributed by atoms with Crippen molar-refractivity contribution < 1.29 is 0 Å². The molecular formula is C18H18N8. The molecule has 4 aromatic rings. The van der Waals surface area contributed by atoms with Crippen LogP contribution in [0, 0.1) is 0 Å². The molecule has 0 aromatic carbocycles. The molecule has 5 heterocycles. The molecule has 1 fully saturated rings. The van der Waals surface area contributed by atoms with Crippen molar-refractivity contribution in [1.29, 1.82) is 0 Å². The topological polar surface area (TPSA) is 87.0 Å². The van der Waals surface area contributed by atoms with Gasteiger partial charge in [-0.15, -0.1) is 0 Å². The van der Waals surface area contributed by atoms with E-state index in [4.69, 9.17) is 9.97 Å².